The molecule has 0 radical (unpaired) electrons. The van der Waals surface area contributed by atoms with Gasteiger partial charge in [0.05, 0.1) is 5.56 Å². The summed E-state index contributed by atoms with van der Waals surface area (Å²) in [6.45, 7) is 4.52. The molecule has 2 saturated heterocycles. The van der Waals surface area contributed by atoms with Crippen LogP contribution in [0.5, 0.6) is 0 Å². The van der Waals surface area contributed by atoms with Gasteiger partial charge in [-0.05, 0) is 24.6 Å². The number of halogens is 5. The fourth-order valence-electron chi connectivity index (χ4n) is 3.33. The molecule has 0 bridgehead atoms. The molecule has 1 aromatic carbocycles. The summed E-state index contributed by atoms with van der Waals surface area (Å²) in [4.78, 5) is 16.3. The van der Waals surface area contributed by atoms with Crippen molar-refractivity contribution in [3.63, 3.8) is 0 Å². The molecule has 9 heteroatoms. The maximum atomic E-state index is 13.5. The van der Waals surface area contributed by atoms with Crippen LogP contribution >= 0.6 is 12.4 Å². The Morgan fingerprint density at radius 2 is 1.80 bits per heavy atom. The second kappa shape index (κ2) is 7.88. The number of carbonyl (C=O) groups excluding carboxylic acids is 1. The largest absolute Gasteiger partial charge is 0.416 e. The van der Waals surface area contributed by atoms with E-state index < -0.39 is 23.5 Å². The highest BCUT2D eigenvalue weighted by Crippen LogP contribution is 2.31. The molecule has 1 amide bonds. The average molecular weight is 382 g/mol. The first-order valence-electron chi connectivity index (χ1n) is 7.96. The summed E-state index contributed by atoms with van der Waals surface area (Å²) in [5.41, 5.74) is -1.38. The number of hydrogen-bond donors (Lipinski definition) is 1. The van der Waals surface area contributed by atoms with Gasteiger partial charge in [-0.1, -0.05) is 0 Å². The van der Waals surface area contributed by atoms with Gasteiger partial charge in [-0.2, -0.15) is 13.2 Å². The monoisotopic (exact) mass is 381 g/mol. The van der Waals surface area contributed by atoms with E-state index >= 15 is 0 Å². The van der Waals surface area contributed by atoms with E-state index in [0.29, 0.717) is 19.2 Å². The predicted molar refractivity (Wildman–Crippen MR) is 87.4 cm³/mol. The average Bonchev–Trinajstić information content (AvgIpc) is 3.03. The van der Waals surface area contributed by atoms with Crippen LogP contribution in [0.3, 0.4) is 0 Å². The summed E-state index contributed by atoms with van der Waals surface area (Å²) in [7, 11) is 0. The zero-order chi connectivity index (χ0) is 17.3. The fraction of sp³-hybridized carbons (Fsp3) is 0.562. The number of rotatable bonds is 2. The van der Waals surface area contributed by atoms with Gasteiger partial charge in [0.2, 0.25) is 0 Å². The van der Waals surface area contributed by atoms with Crippen LogP contribution in [-0.4, -0.2) is 61.0 Å². The van der Waals surface area contributed by atoms with E-state index in [1.807, 2.05) is 0 Å². The highest BCUT2D eigenvalue weighted by Gasteiger charge is 2.34. The first-order valence-corrected chi connectivity index (χ1v) is 7.96. The van der Waals surface area contributed by atoms with E-state index in [2.05, 4.69) is 10.2 Å². The van der Waals surface area contributed by atoms with E-state index in [9.17, 15) is 22.4 Å². The molecule has 0 saturated carbocycles. The molecule has 0 aliphatic carbocycles. The number of alkyl halides is 3. The quantitative estimate of drug-likeness (QED) is 0.799. The highest BCUT2D eigenvalue weighted by atomic mass is 35.5. The molecule has 2 fully saturated rings. The van der Waals surface area contributed by atoms with Crippen LogP contribution in [0.15, 0.2) is 18.2 Å². The number of nitrogens with zero attached hydrogens (tertiary/aromatic N) is 2. The zero-order valence-electron chi connectivity index (χ0n) is 13.5. The van der Waals surface area contributed by atoms with Crippen LogP contribution in [-0.2, 0) is 6.18 Å². The summed E-state index contributed by atoms with van der Waals surface area (Å²) < 4.78 is 51.9. The van der Waals surface area contributed by atoms with Crippen molar-refractivity contribution in [2.24, 2.45) is 0 Å². The van der Waals surface area contributed by atoms with E-state index in [0.717, 1.165) is 44.7 Å². The van der Waals surface area contributed by atoms with Crippen molar-refractivity contribution >= 4 is 18.3 Å². The van der Waals surface area contributed by atoms with Crippen molar-refractivity contribution in [1.82, 2.24) is 15.1 Å². The first kappa shape index (κ1) is 19.9. The van der Waals surface area contributed by atoms with E-state index in [1.54, 1.807) is 0 Å². The summed E-state index contributed by atoms with van der Waals surface area (Å²) in [6.07, 6.45) is -3.89. The Morgan fingerprint density at radius 1 is 1.12 bits per heavy atom. The molecule has 2 heterocycles. The third kappa shape index (κ3) is 4.62. The summed E-state index contributed by atoms with van der Waals surface area (Å²) >= 11 is 0. The van der Waals surface area contributed by atoms with Gasteiger partial charge in [0.15, 0.2) is 0 Å². The van der Waals surface area contributed by atoms with Gasteiger partial charge >= 0.3 is 6.18 Å². The maximum absolute atomic E-state index is 13.5. The van der Waals surface area contributed by atoms with Gasteiger partial charge in [-0.3, -0.25) is 9.69 Å². The molecule has 2 aliphatic rings. The zero-order valence-corrected chi connectivity index (χ0v) is 14.3. The molecule has 1 unspecified atom stereocenters. The first-order chi connectivity index (χ1) is 11.3. The van der Waals surface area contributed by atoms with Crippen molar-refractivity contribution in [3.05, 3.63) is 35.1 Å². The summed E-state index contributed by atoms with van der Waals surface area (Å²) in [5, 5.41) is 3.25. The van der Waals surface area contributed by atoms with Gasteiger partial charge in [0.25, 0.3) is 5.91 Å². The van der Waals surface area contributed by atoms with Gasteiger partial charge in [-0.15, -0.1) is 12.4 Å². The molecule has 0 aromatic heterocycles. The third-order valence-corrected chi connectivity index (χ3v) is 4.59. The maximum Gasteiger partial charge on any atom is 0.416 e. The lowest BCUT2D eigenvalue weighted by molar-refractivity contribution is -0.137. The highest BCUT2D eigenvalue weighted by molar-refractivity contribution is 5.94. The SMILES string of the molecule is Cl.O=C(c1cc(F)cc(C(F)(F)F)c1)N1CCC(N2CCNCC2)C1. The van der Waals surface area contributed by atoms with Crippen molar-refractivity contribution < 1.29 is 22.4 Å². The number of nitrogens with one attached hydrogen (secondary N) is 1. The minimum Gasteiger partial charge on any atom is -0.337 e. The van der Waals surface area contributed by atoms with Crippen LogP contribution in [0.2, 0.25) is 0 Å². The molecule has 0 spiro atoms. The molecular formula is C16H20ClF4N3O. The Bertz CT molecular complexity index is 620. The molecule has 2 aliphatic heterocycles. The number of likely N-dealkylation sites (tertiary alicyclic amines) is 1. The van der Waals surface area contributed by atoms with E-state index in [4.69, 9.17) is 0 Å². The Hall–Kier alpha value is -1.38. The van der Waals surface area contributed by atoms with E-state index in [1.165, 1.54) is 4.90 Å². The second-order valence-electron chi connectivity index (χ2n) is 6.21. The Morgan fingerprint density at radius 3 is 2.44 bits per heavy atom. The third-order valence-electron chi connectivity index (χ3n) is 4.59. The molecule has 4 nitrogen and oxygen atoms in total. The van der Waals surface area contributed by atoms with Gasteiger partial charge < -0.3 is 10.2 Å². The van der Waals surface area contributed by atoms with Crippen molar-refractivity contribution in [2.45, 2.75) is 18.6 Å². The minimum atomic E-state index is -4.68. The molecule has 25 heavy (non-hydrogen) atoms. The summed E-state index contributed by atoms with van der Waals surface area (Å²) in [6, 6.07) is 2.22. The van der Waals surface area contributed by atoms with E-state index in [-0.39, 0.29) is 24.0 Å². The molecule has 1 N–H and O–H groups in total. The van der Waals surface area contributed by atoms with Crippen molar-refractivity contribution in [2.75, 3.05) is 39.3 Å². The predicted octanol–water partition coefficient (Wildman–Crippen LogP) is 2.39. The van der Waals surface area contributed by atoms with Gasteiger partial charge in [0.1, 0.15) is 5.82 Å². The van der Waals surface area contributed by atoms with Gasteiger partial charge in [0, 0.05) is 50.9 Å². The van der Waals surface area contributed by atoms with Crippen molar-refractivity contribution in [1.29, 1.82) is 0 Å². The lowest BCUT2D eigenvalue weighted by Gasteiger charge is -2.32. The van der Waals surface area contributed by atoms with Crippen LogP contribution in [0.1, 0.15) is 22.3 Å². The molecule has 3 rings (SSSR count). The molecule has 1 aromatic rings. The van der Waals surface area contributed by atoms with Crippen molar-refractivity contribution in [3.8, 4) is 0 Å². The smallest absolute Gasteiger partial charge is 0.337 e. The molecule has 140 valence electrons. The number of carbonyl (C=O) groups is 1. The number of hydrogen-bond acceptors (Lipinski definition) is 3. The standard InChI is InChI=1S/C16H19F4N3O.ClH/c17-13-8-11(7-12(9-13)16(18,19)20)15(24)23-4-1-14(10-23)22-5-2-21-3-6-22;/h7-9,14,21H,1-6,10H2;1H. The molecular weight excluding hydrogens is 362 g/mol. The van der Waals surface area contributed by atoms with Crippen LogP contribution in [0.25, 0.3) is 0 Å². The Balaban J connectivity index is 0.00000225. The number of amides is 1. The second-order valence-corrected chi connectivity index (χ2v) is 6.21. The van der Waals surface area contributed by atoms with Crippen LogP contribution in [0, 0.1) is 5.82 Å². The Labute approximate surface area is 149 Å². The van der Waals surface area contributed by atoms with Crippen LogP contribution < -0.4 is 5.32 Å². The lowest BCUT2D eigenvalue weighted by Crippen LogP contribution is -2.49. The van der Waals surface area contributed by atoms with Crippen LogP contribution in [0.4, 0.5) is 17.6 Å². The fourth-order valence-corrected chi connectivity index (χ4v) is 3.33. The summed E-state index contributed by atoms with van der Waals surface area (Å²) in [5.74, 6) is -1.59. The minimum absolute atomic E-state index is 0. The normalized spacial score (nSPS) is 21.9. The lowest BCUT2D eigenvalue weighted by atomic mass is 10.1. The van der Waals surface area contributed by atoms with Gasteiger partial charge in [-0.25, -0.2) is 4.39 Å². The molecule has 1 atom stereocenters. The topological polar surface area (TPSA) is 35.6 Å². The number of piperazine rings is 1. The number of benzene rings is 1. The Kier molecular flexibility index (Phi) is 6.29.